The highest BCUT2D eigenvalue weighted by Crippen LogP contribution is 2.64. The molecule has 0 spiro atoms. The predicted octanol–water partition coefficient (Wildman–Crippen LogP) is 7.15. The van der Waals surface area contributed by atoms with Gasteiger partial charge in [-0.3, -0.25) is 24.1 Å². The van der Waals surface area contributed by atoms with Crippen molar-refractivity contribution in [1.29, 1.82) is 0 Å². The standard InChI is InChI=1S/C43H37FN2O7/c1-43-33(40(49)46(42(43)51)26-8-5-4-6-9-26)23-32-29(37(43)31-10-7-11-34(44)38(31)47)19-20-30-36(32)41(50)45(39(30)48)27-16-13-24(14-17-27)12-15-25-22-28(52-2)18-21-35(25)53-3/h4-19,21-22,30,32-33,36-37,47H,20,23H2,1-3H3/t30-,32+,33-,36-,37+,43+/m0/s1. The van der Waals surface area contributed by atoms with Gasteiger partial charge in [0.05, 0.1) is 48.8 Å². The first-order chi connectivity index (χ1) is 25.6. The van der Waals surface area contributed by atoms with Crippen molar-refractivity contribution in [1.82, 2.24) is 0 Å². The van der Waals surface area contributed by atoms with Gasteiger partial charge in [0.1, 0.15) is 11.5 Å². The van der Waals surface area contributed by atoms with Gasteiger partial charge in [-0.1, -0.05) is 66.3 Å². The van der Waals surface area contributed by atoms with E-state index in [4.69, 9.17) is 9.47 Å². The summed E-state index contributed by atoms with van der Waals surface area (Å²) in [4.78, 5) is 59.7. The Morgan fingerprint density at radius 2 is 1.53 bits per heavy atom. The lowest BCUT2D eigenvalue weighted by Gasteiger charge is -2.49. The van der Waals surface area contributed by atoms with E-state index in [1.165, 1.54) is 15.9 Å². The SMILES string of the molecule is COc1ccc(OC)c(C=Cc2ccc(N3C(=O)[C@H]4[C@H](CC=C5[C@H]4C[C@H]4C(=O)N(c6ccccc6)C(=O)[C@@]4(C)[C@H]5c4cccc(F)c4O)C3=O)cc2)c1. The molecule has 268 valence electrons. The maximum Gasteiger partial charge on any atom is 0.241 e. The van der Waals surface area contributed by atoms with E-state index in [2.05, 4.69) is 0 Å². The van der Waals surface area contributed by atoms with Gasteiger partial charge in [0.15, 0.2) is 11.6 Å². The Morgan fingerprint density at radius 3 is 2.25 bits per heavy atom. The summed E-state index contributed by atoms with van der Waals surface area (Å²) in [5.41, 5.74) is 1.93. The van der Waals surface area contributed by atoms with E-state index in [9.17, 15) is 28.7 Å². The van der Waals surface area contributed by atoms with Gasteiger partial charge in [0, 0.05) is 17.0 Å². The summed E-state index contributed by atoms with van der Waals surface area (Å²) < 4.78 is 25.8. The van der Waals surface area contributed by atoms with Crippen LogP contribution in [0.1, 0.15) is 42.4 Å². The lowest BCUT2D eigenvalue weighted by atomic mass is 9.51. The molecule has 4 amide bonds. The summed E-state index contributed by atoms with van der Waals surface area (Å²) >= 11 is 0. The average molecular weight is 713 g/mol. The normalized spacial score (nSPS) is 26.4. The van der Waals surface area contributed by atoms with Crippen LogP contribution >= 0.6 is 0 Å². The molecule has 0 unspecified atom stereocenters. The number of benzene rings is 4. The number of carbonyl (C=O) groups excluding carboxylic acids is 4. The Hall–Kier alpha value is -6.03. The second-order valence-corrected chi connectivity index (χ2v) is 14.2. The topological polar surface area (TPSA) is 113 Å². The molecule has 1 saturated carbocycles. The fourth-order valence-electron chi connectivity index (χ4n) is 9.09. The number of phenolic OH excluding ortho intramolecular Hbond substituents is 1. The minimum Gasteiger partial charge on any atom is -0.505 e. The summed E-state index contributed by atoms with van der Waals surface area (Å²) in [6.45, 7) is 1.70. The van der Waals surface area contributed by atoms with Crippen LogP contribution in [0.15, 0.2) is 103 Å². The molecule has 0 bridgehead atoms. The van der Waals surface area contributed by atoms with Gasteiger partial charge in [-0.05, 0) is 79.8 Å². The molecule has 2 heterocycles. The minimum atomic E-state index is -1.39. The number of hydrogen-bond acceptors (Lipinski definition) is 7. The Balaban J connectivity index is 1.14. The van der Waals surface area contributed by atoms with Crippen molar-refractivity contribution in [3.8, 4) is 17.2 Å². The first kappa shape index (κ1) is 34.1. The number of imide groups is 2. The molecule has 10 heteroatoms. The van der Waals surface area contributed by atoms with Crippen LogP contribution in [-0.4, -0.2) is 43.0 Å². The Kier molecular flexibility index (Phi) is 8.28. The second-order valence-electron chi connectivity index (χ2n) is 14.2. The first-order valence-corrected chi connectivity index (χ1v) is 17.6. The fourth-order valence-corrected chi connectivity index (χ4v) is 9.09. The summed E-state index contributed by atoms with van der Waals surface area (Å²) in [5, 5.41) is 11.1. The number of rotatable bonds is 7. The van der Waals surface area contributed by atoms with Gasteiger partial charge in [-0.25, -0.2) is 9.29 Å². The van der Waals surface area contributed by atoms with Gasteiger partial charge < -0.3 is 14.6 Å². The number of anilines is 2. The lowest BCUT2D eigenvalue weighted by Crippen LogP contribution is -2.49. The monoisotopic (exact) mass is 712 g/mol. The molecular formula is C43H37FN2O7. The van der Waals surface area contributed by atoms with Crippen molar-refractivity contribution >= 4 is 47.2 Å². The molecule has 9 nitrogen and oxygen atoms in total. The number of nitrogens with zero attached hydrogens (tertiary/aromatic N) is 2. The molecule has 4 aliphatic rings. The summed E-state index contributed by atoms with van der Waals surface area (Å²) in [6, 6.07) is 25.4. The van der Waals surface area contributed by atoms with Gasteiger partial charge in [0.25, 0.3) is 0 Å². The van der Waals surface area contributed by atoms with Crippen LogP contribution in [0.4, 0.5) is 15.8 Å². The summed E-state index contributed by atoms with van der Waals surface area (Å²) in [5.74, 6) is -5.59. The number of allylic oxidation sites excluding steroid dienone is 2. The number of aromatic hydroxyl groups is 1. The van der Waals surface area contributed by atoms with E-state index in [1.54, 1.807) is 69.7 Å². The van der Waals surface area contributed by atoms with Crippen LogP contribution in [0.5, 0.6) is 17.2 Å². The number of ether oxygens (including phenoxy) is 2. The van der Waals surface area contributed by atoms with Crippen molar-refractivity contribution in [3.05, 3.63) is 125 Å². The van der Waals surface area contributed by atoms with Crippen LogP contribution < -0.4 is 19.3 Å². The van der Waals surface area contributed by atoms with Crippen LogP contribution in [0, 0.1) is 34.9 Å². The fraction of sp³-hybridized carbons (Fsp3) is 0.256. The third kappa shape index (κ3) is 5.18. The van der Waals surface area contributed by atoms with Gasteiger partial charge in [0.2, 0.25) is 23.6 Å². The molecule has 2 aliphatic heterocycles. The highest BCUT2D eigenvalue weighted by molar-refractivity contribution is 6.25. The van der Waals surface area contributed by atoms with Crippen LogP contribution in [0.2, 0.25) is 0 Å². The van der Waals surface area contributed by atoms with E-state index in [0.717, 1.165) is 17.2 Å². The second kappa shape index (κ2) is 12.9. The van der Waals surface area contributed by atoms with E-state index >= 15 is 0 Å². The molecule has 0 aromatic heterocycles. The third-order valence-corrected chi connectivity index (χ3v) is 11.7. The maximum absolute atomic E-state index is 15.0. The largest absolute Gasteiger partial charge is 0.505 e. The average Bonchev–Trinajstić information content (AvgIpc) is 3.55. The zero-order chi connectivity index (χ0) is 37.2. The summed E-state index contributed by atoms with van der Waals surface area (Å²) in [7, 11) is 3.19. The van der Waals surface area contributed by atoms with Crippen molar-refractivity contribution in [2.45, 2.75) is 25.7 Å². The molecular weight excluding hydrogens is 675 g/mol. The molecule has 0 radical (unpaired) electrons. The molecule has 53 heavy (non-hydrogen) atoms. The van der Waals surface area contributed by atoms with Gasteiger partial charge >= 0.3 is 0 Å². The summed E-state index contributed by atoms with van der Waals surface area (Å²) in [6.07, 6.45) is 6.03. The minimum absolute atomic E-state index is 0.147. The lowest BCUT2D eigenvalue weighted by molar-refractivity contribution is -0.131. The zero-order valence-electron chi connectivity index (χ0n) is 29.4. The number of para-hydroxylation sites is 2. The zero-order valence-corrected chi connectivity index (χ0v) is 29.4. The van der Waals surface area contributed by atoms with Crippen LogP contribution in [-0.2, 0) is 19.2 Å². The molecule has 6 atom stereocenters. The van der Waals surface area contributed by atoms with Gasteiger partial charge in [-0.2, -0.15) is 0 Å². The smallest absolute Gasteiger partial charge is 0.241 e. The van der Waals surface area contributed by atoms with Crippen LogP contribution in [0.3, 0.4) is 0 Å². The van der Waals surface area contributed by atoms with Crippen molar-refractivity contribution < 1.29 is 38.1 Å². The number of hydrogen-bond donors (Lipinski definition) is 1. The highest BCUT2D eigenvalue weighted by atomic mass is 19.1. The number of carbonyl (C=O) groups is 4. The number of methoxy groups -OCH3 is 2. The van der Waals surface area contributed by atoms with E-state index in [0.29, 0.717) is 28.4 Å². The molecule has 4 aromatic carbocycles. The Labute approximate surface area is 305 Å². The maximum atomic E-state index is 15.0. The number of halogens is 1. The first-order valence-electron chi connectivity index (χ1n) is 17.6. The third-order valence-electron chi connectivity index (χ3n) is 11.7. The van der Waals surface area contributed by atoms with E-state index in [1.807, 2.05) is 48.6 Å². The van der Waals surface area contributed by atoms with Crippen LogP contribution in [0.25, 0.3) is 12.2 Å². The Bertz CT molecular complexity index is 2230. The van der Waals surface area contributed by atoms with Gasteiger partial charge in [-0.15, -0.1) is 0 Å². The van der Waals surface area contributed by atoms with Crippen molar-refractivity contribution in [2.24, 2.45) is 29.1 Å². The molecule has 1 N–H and O–H groups in total. The quantitative estimate of drug-likeness (QED) is 0.123. The number of fused-ring (bicyclic) bond motifs is 4. The van der Waals surface area contributed by atoms with Crippen molar-refractivity contribution in [2.75, 3.05) is 24.0 Å². The highest BCUT2D eigenvalue weighted by Gasteiger charge is 2.68. The molecule has 2 saturated heterocycles. The predicted molar refractivity (Wildman–Crippen MR) is 197 cm³/mol. The number of amides is 4. The molecule has 3 fully saturated rings. The van der Waals surface area contributed by atoms with E-state index in [-0.39, 0.29) is 30.2 Å². The molecule has 2 aliphatic carbocycles. The molecule has 4 aromatic rings. The van der Waals surface area contributed by atoms with E-state index < -0.39 is 58.4 Å². The van der Waals surface area contributed by atoms with Crippen molar-refractivity contribution in [3.63, 3.8) is 0 Å². The molecule has 8 rings (SSSR count). The Morgan fingerprint density at radius 1 is 0.792 bits per heavy atom. The number of phenols is 1.